The maximum Gasteiger partial charge on any atom is 0.253 e. The number of hydrogen-bond donors (Lipinski definition) is 2. The summed E-state index contributed by atoms with van der Waals surface area (Å²) in [5.41, 5.74) is 10.1. The molecule has 41 heavy (non-hydrogen) atoms. The minimum Gasteiger partial charge on any atom is -0.375 e. The highest BCUT2D eigenvalue weighted by molar-refractivity contribution is 5.99. The van der Waals surface area contributed by atoms with Crippen LogP contribution >= 0.6 is 0 Å². The van der Waals surface area contributed by atoms with Crippen molar-refractivity contribution in [2.45, 2.75) is 59.6 Å². The first-order valence-corrected chi connectivity index (χ1v) is 14.2. The van der Waals surface area contributed by atoms with Crippen molar-refractivity contribution in [3.05, 3.63) is 106 Å². The quantitative estimate of drug-likeness (QED) is 0.263. The van der Waals surface area contributed by atoms with E-state index in [0.29, 0.717) is 49.5 Å². The summed E-state index contributed by atoms with van der Waals surface area (Å²) >= 11 is 0. The van der Waals surface area contributed by atoms with E-state index >= 15 is 0 Å². The van der Waals surface area contributed by atoms with Gasteiger partial charge in [-0.2, -0.15) is 0 Å². The van der Waals surface area contributed by atoms with E-state index in [-0.39, 0.29) is 17.9 Å². The second-order valence-corrected chi connectivity index (χ2v) is 9.98. The predicted molar refractivity (Wildman–Crippen MR) is 160 cm³/mol. The molecule has 0 aliphatic rings. The highest BCUT2D eigenvalue weighted by Gasteiger charge is 2.16. The molecule has 2 amide bonds. The number of carbonyl (C=O) groups excluding carboxylic acids is 2. The highest BCUT2D eigenvalue weighted by atomic mass is 19.1. The molecule has 1 unspecified atom stereocenters. The molecular formula is C33H43F2N3O3. The molecule has 3 rings (SSSR count). The summed E-state index contributed by atoms with van der Waals surface area (Å²) in [6.07, 6.45) is 2.78. The van der Waals surface area contributed by atoms with Gasteiger partial charge in [-0.05, 0) is 73.2 Å². The summed E-state index contributed by atoms with van der Waals surface area (Å²) in [6.45, 7) is 10.4. The number of nitrogens with zero attached hydrogens (tertiary/aromatic N) is 1. The van der Waals surface area contributed by atoms with Crippen molar-refractivity contribution < 1.29 is 23.1 Å². The van der Waals surface area contributed by atoms with Crippen LogP contribution in [-0.2, 0) is 17.8 Å². The van der Waals surface area contributed by atoms with Crippen molar-refractivity contribution in [1.29, 1.82) is 0 Å². The molecule has 0 heterocycles. The van der Waals surface area contributed by atoms with Crippen LogP contribution in [0.5, 0.6) is 0 Å². The van der Waals surface area contributed by atoms with E-state index < -0.39 is 11.6 Å². The molecule has 6 nitrogen and oxygen atoms in total. The van der Waals surface area contributed by atoms with Crippen LogP contribution in [0.25, 0.3) is 0 Å². The minimum absolute atomic E-state index is 0.0411. The van der Waals surface area contributed by atoms with Crippen molar-refractivity contribution in [1.82, 2.24) is 10.2 Å². The minimum atomic E-state index is -0.521. The average molecular weight is 568 g/mol. The molecule has 0 spiro atoms. The molecule has 3 aromatic rings. The van der Waals surface area contributed by atoms with Gasteiger partial charge in [0.05, 0.1) is 13.2 Å². The molecule has 3 aromatic carbocycles. The first kappa shape index (κ1) is 33.6. The van der Waals surface area contributed by atoms with Crippen LogP contribution in [0.3, 0.4) is 0 Å². The first-order valence-electron chi connectivity index (χ1n) is 14.2. The average Bonchev–Trinajstić information content (AvgIpc) is 2.95. The second kappa shape index (κ2) is 17.9. The predicted octanol–water partition coefficient (Wildman–Crippen LogP) is 6.06. The van der Waals surface area contributed by atoms with E-state index in [1.807, 2.05) is 17.0 Å². The van der Waals surface area contributed by atoms with Crippen molar-refractivity contribution in [2.75, 3.05) is 26.2 Å². The fourth-order valence-electron chi connectivity index (χ4n) is 4.17. The fraction of sp³-hybridized carbons (Fsp3) is 0.394. The number of benzene rings is 3. The number of amides is 2. The number of nitrogens with one attached hydrogen (secondary N) is 1. The molecule has 0 fully saturated rings. The van der Waals surface area contributed by atoms with Crippen LogP contribution in [0.1, 0.15) is 71.0 Å². The van der Waals surface area contributed by atoms with Crippen LogP contribution in [0.15, 0.2) is 66.7 Å². The molecule has 0 saturated carbocycles. The molecule has 0 aromatic heterocycles. The molecule has 3 N–H and O–H groups in total. The lowest BCUT2D eigenvalue weighted by molar-refractivity contribution is 0.0755. The van der Waals surface area contributed by atoms with Gasteiger partial charge in [0.25, 0.3) is 11.8 Å². The molecule has 0 aliphatic heterocycles. The SMILES string of the molecule is CCCN(CCC)C(=O)c1cccc(C(=O)NCC(N)COCc2cccc(CC)c2)c1.Cc1cc(F)cc(F)c1. The third kappa shape index (κ3) is 12.2. The Hall–Kier alpha value is -3.62. The number of rotatable bonds is 13. The van der Waals surface area contributed by atoms with Gasteiger partial charge < -0.3 is 20.7 Å². The largest absolute Gasteiger partial charge is 0.375 e. The van der Waals surface area contributed by atoms with Gasteiger partial charge in [0, 0.05) is 42.9 Å². The Morgan fingerprint density at radius 3 is 2.10 bits per heavy atom. The van der Waals surface area contributed by atoms with E-state index in [1.54, 1.807) is 31.2 Å². The van der Waals surface area contributed by atoms with Gasteiger partial charge in [-0.3, -0.25) is 9.59 Å². The van der Waals surface area contributed by atoms with E-state index in [2.05, 4.69) is 38.2 Å². The van der Waals surface area contributed by atoms with E-state index in [9.17, 15) is 18.4 Å². The Kier molecular flexibility index (Phi) is 14.7. The third-order valence-corrected chi connectivity index (χ3v) is 6.18. The Morgan fingerprint density at radius 2 is 1.49 bits per heavy atom. The van der Waals surface area contributed by atoms with Crippen LogP contribution in [0.2, 0.25) is 0 Å². The van der Waals surface area contributed by atoms with Gasteiger partial charge in [0.15, 0.2) is 0 Å². The van der Waals surface area contributed by atoms with Gasteiger partial charge in [-0.25, -0.2) is 8.78 Å². The lowest BCUT2D eigenvalue weighted by atomic mass is 10.1. The highest BCUT2D eigenvalue weighted by Crippen LogP contribution is 2.11. The van der Waals surface area contributed by atoms with Crippen LogP contribution in [0, 0.1) is 18.6 Å². The zero-order chi connectivity index (χ0) is 30.2. The Bertz CT molecular complexity index is 1200. The fourth-order valence-corrected chi connectivity index (χ4v) is 4.17. The molecular weight excluding hydrogens is 524 g/mol. The van der Waals surface area contributed by atoms with Gasteiger partial charge in [0.1, 0.15) is 11.6 Å². The van der Waals surface area contributed by atoms with Gasteiger partial charge >= 0.3 is 0 Å². The number of halogens is 2. The summed E-state index contributed by atoms with van der Waals surface area (Å²) < 4.78 is 30.1. The van der Waals surface area contributed by atoms with Crippen molar-refractivity contribution >= 4 is 11.8 Å². The Labute approximate surface area is 242 Å². The zero-order valence-corrected chi connectivity index (χ0v) is 24.6. The molecule has 0 bridgehead atoms. The van der Waals surface area contributed by atoms with Crippen LogP contribution in [0.4, 0.5) is 8.78 Å². The molecule has 8 heteroatoms. The van der Waals surface area contributed by atoms with E-state index in [0.717, 1.165) is 30.9 Å². The number of hydrogen-bond acceptors (Lipinski definition) is 4. The molecule has 222 valence electrons. The van der Waals surface area contributed by atoms with Crippen LogP contribution < -0.4 is 11.1 Å². The summed E-state index contributed by atoms with van der Waals surface area (Å²) in [5.74, 6) is -1.33. The van der Waals surface area contributed by atoms with Crippen molar-refractivity contribution in [3.8, 4) is 0 Å². The zero-order valence-electron chi connectivity index (χ0n) is 24.6. The lowest BCUT2D eigenvalue weighted by Crippen LogP contribution is -2.40. The van der Waals surface area contributed by atoms with Gasteiger partial charge in [-0.15, -0.1) is 0 Å². The molecule has 1 atom stereocenters. The lowest BCUT2D eigenvalue weighted by Gasteiger charge is -2.21. The summed E-state index contributed by atoms with van der Waals surface area (Å²) in [7, 11) is 0. The normalized spacial score (nSPS) is 11.3. The number of aryl methyl sites for hydroxylation is 2. The number of nitrogens with two attached hydrogens (primary N) is 1. The standard InChI is InChI=1S/C26H37N3O3.C7H6F2/c1-4-13-29(14-5-2)26(31)23-12-8-11-22(16-23)25(30)28-17-24(27)19-32-18-21-10-7-9-20(6-3)15-21;1-5-2-6(8)4-7(9)3-5/h7-12,15-16,24H,4-6,13-14,17-19,27H2,1-3H3,(H,28,30);2-4H,1H3. The molecule has 0 aliphatic carbocycles. The van der Waals surface area contributed by atoms with E-state index in [1.165, 1.54) is 17.7 Å². The monoisotopic (exact) mass is 567 g/mol. The van der Waals surface area contributed by atoms with Gasteiger partial charge in [0.2, 0.25) is 0 Å². The van der Waals surface area contributed by atoms with Gasteiger partial charge in [-0.1, -0.05) is 51.1 Å². The summed E-state index contributed by atoms with van der Waals surface area (Å²) in [4.78, 5) is 27.2. The van der Waals surface area contributed by atoms with Crippen molar-refractivity contribution in [3.63, 3.8) is 0 Å². The maximum absolute atomic E-state index is 12.8. The summed E-state index contributed by atoms with van der Waals surface area (Å²) in [6, 6.07) is 18.2. The third-order valence-electron chi connectivity index (χ3n) is 6.18. The topological polar surface area (TPSA) is 84.7 Å². The van der Waals surface area contributed by atoms with Crippen LogP contribution in [-0.4, -0.2) is 49.0 Å². The number of carbonyl (C=O) groups is 2. The molecule has 0 saturated heterocycles. The number of ether oxygens (including phenoxy) is 1. The second-order valence-electron chi connectivity index (χ2n) is 9.98. The molecule has 0 radical (unpaired) electrons. The maximum atomic E-state index is 12.8. The Morgan fingerprint density at radius 1 is 0.878 bits per heavy atom. The Balaban J connectivity index is 0.000000553. The van der Waals surface area contributed by atoms with Crippen molar-refractivity contribution in [2.24, 2.45) is 5.73 Å². The summed E-state index contributed by atoms with van der Waals surface area (Å²) in [5, 5.41) is 2.84. The smallest absolute Gasteiger partial charge is 0.253 e. The van der Waals surface area contributed by atoms with E-state index in [4.69, 9.17) is 10.5 Å². The first-order chi connectivity index (χ1) is 19.7.